The number of halogens is 3. The average molecular weight is 469 g/mol. The van der Waals surface area contributed by atoms with Gasteiger partial charge in [0.25, 0.3) is 0 Å². The molecule has 1 aromatic heterocycles. The van der Waals surface area contributed by atoms with Crippen molar-refractivity contribution in [3.63, 3.8) is 0 Å². The number of nitrogens with two attached hydrogens (primary N) is 1. The van der Waals surface area contributed by atoms with E-state index in [4.69, 9.17) is 17.3 Å². The summed E-state index contributed by atoms with van der Waals surface area (Å²) < 4.78 is 4.18. The van der Waals surface area contributed by atoms with Gasteiger partial charge in [-0.1, -0.05) is 11.6 Å². The van der Waals surface area contributed by atoms with Crippen LogP contribution in [0.4, 0.5) is 0 Å². The van der Waals surface area contributed by atoms with Crippen LogP contribution in [-0.4, -0.2) is 9.78 Å². The summed E-state index contributed by atoms with van der Waals surface area (Å²) in [6, 6.07) is 5.73. The molecule has 0 saturated carbocycles. The molecule has 0 spiro atoms. The van der Waals surface area contributed by atoms with Crippen molar-refractivity contribution in [3.8, 4) is 0 Å². The molecule has 1 aromatic carbocycles. The molecule has 1 heterocycles. The molecule has 0 aliphatic heterocycles. The monoisotopic (exact) mass is 467 g/mol. The van der Waals surface area contributed by atoms with E-state index in [1.54, 1.807) is 0 Å². The Hall–Kier alpha value is -0.110. The summed E-state index contributed by atoms with van der Waals surface area (Å²) in [7, 11) is 0. The Morgan fingerprint density at radius 2 is 2.20 bits per heavy atom. The van der Waals surface area contributed by atoms with Gasteiger partial charge in [0, 0.05) is 27.6 Å². The van der Waals surface area contributed by atoms with Crippen molar-refractivity contribution in [2.24, 2.45) is 5.73 Å². The first-order chi connectivity index (χ1) is 9.43. The number of nitrogens with zero attached hydrogens (tertiary/aromatic N) is 2. The van der Waals surface area contributed by atoms with Crippen molar-refractivity contribution in [2.45, 2.75) is 32.9 Å². The normalized spacial score (nSPS) is 12.7. The largest absolute Gasteiger partial charge is 0.324 e. The average Bonchev–Trinajstić information content (AvgIpc) is 2.69. The molecule has 0 aliphatic carbocycles. The Bertz CT molecular complexity index is 627. The molecule has 0 aliphatic rings. The van der Waals surface area contributed by atoms with E-state index in [0.29, 0.717) is 0 Å². The highest BCUT2D eigenvalue weighted by molar-refractivity contribution is 14.1. The van der Waals surface area contributed by atoms with Gasteiger partial charge < -0.3 is 5.73 Å². The number of hydrogen-bond donors (Lipinski definition) is 1. The van der Waals surface area contributed by atoms with E-state index in [1.165, 1.54) is 0 Å². The summed E-state index contributed by atoms with van der Waals surface area (Å²) in [6.45, 7) is 4.91. The number of benzene rings is 1. The molecule has 0 amide bonds. The third kappa shape index (κ3) is 3.37. The highest BCUT2D eigenvalue weighted by Gasteiger charge is 2.18. The molecule has 1 unspecified atom stereocenters. The minimum absolute atomic E-state index is 0.0988. The molecular weight excluding hydrogens is 452 g/mol. The van der Waals surface area contributed by atoms with Gasteiger partial charge in [0.1, 0.15) is 0 Å². The van der Waals surface area contributed by atoms with Crippen molar-refractivity contribution >= 4 is 50.1 Å². The molecule has 1 atom stereocenters. The zero-order chi connectivity index (χ0) is 14.9. The van der Waals surface area contributed by atoms with Crippen LogP contribution in [0.1, 0.15) is 29.9 Å². The van der Waals surface area contributed by atoms with Crippen LogP contribution in [0, 0.1) is 10.5 Å². The van der Waals surface area contributed by atoms with Crippen LogP contribution in [0.2, 0.25) is 5.02 Å². The van der Waals surface area contributed by atoms with Gasteiger partial charge in [-0.2, -0.15) is 5.10 Å². The molecule has 2 rings (SSSR count). The maximum atomic E-state index is 6.37. The Morgan fingerprint density at radius 3 is 2.85 bits per heavy atom. The fourth-order valence-electron chi connectivity index (χ4n) is 2.18. The van der Waals surface area contributed by atoms with Crippen LogP contribution in [0.15, 0.2) is 22.7 Å². The Kier molecular flexibility index (Phi) is 5.50. The van der Waals surface area contributed by atoms with E-state index in [9.17, 15) is 0 Å². The van der Waals surface area contributed by atoms with Crippen molar-refractivity contribution < 1.29 is 0 Å². The van der Waals surface area contributed by atoms with Crippen LogP contribution in [0.25, 0.3) is 0 Å². The first-order valence-electron chi connectivity index (χ1n) is 6.36. The van der Waals surface area contributed by atoms with Gasteiger partial charge in [0.15, 0.2) is 0 Å². The van der Waals surface area contributed by atoms with Crippen LogP contribution in [0.3, 0.4) is 0 Å². The van der Waals surface area contributed by atoms with Gasteiger partial charge in [-0.15, -0.1) is 0 Å². The van der Waals surface area contributed by atoms with E-state index in [-0.39, 0.29) is 6.04 Å². The van der Waals surface area contributed by atoms with Crippen LogP contribution < -0.4 is 5.73 Å². The number of aryl methyl sites for hydroxylation is 2. The number of aromatic nitrogens is 2. The predicted octanol–water partition coefficient (Wildman–Crippen LogP) is 4.47. The lowest BCUT2D eigenvalue weighted by atomic mass is 10.0. The van der Waals surface area contributed by atoms with Crippen LogP contribution in [-0.2, 0) is 13.0 Å². The molecule has 0 saturated heterocycles. The third-order valence-corrected chi connectivity index (χ3v) is 5.47. The highest BCUT2D eigenvalue weighted by Crippen LogP contribution is 2.28. The minimum Gasteiger partial charge on any atom is -0.324 e. The van der Waals surface area contributed by atoms with Crippen molar-refractivity contribution in [1.29, 1.82) is 0 Å². The van der Waals surface area contributed by atoms with Gasteiger partial charge in [-0.3, -0.25) is 4.68 Å². The Labute approximate surface area is 146 Å². The number of rotatable bonds is 4. The summed E-state index contributed by atoms with van der Waals surface area (Å²) in [5.41, 5.74) is 9.58. The maximum absolute atomic E-state index is 6.37. The zero-order valence-electron chi connectivity index (χ0n) is 11.3. The number of hydrogen-bond acceptors (Lipinski definition) is 2. The smallest absolute Gasteiger partial charge is 0.0738 e. The van der Waals surface area contributed by atoms with Crippen molar-refractivity contribution in [1.82, 2.24) is 9.78 Å². The maximum Gasteiger partial charge on any atom is 0.0738 e. The third-order valence-electron chi connectivity index (χ3n) is 3.22. The topological polar surface area (TPSA) is 43.8 Å². The van der Waals surface area contributed by atoms with Gasteiger partial charge in [0.2, 0.25) is 0 Å². The van der Waals surface area contributed by atoms with Gasteiger partial charge in [0.05, 0.1) is 15.9 Å². The molecule has 20 heavy (non-hydrogen) atoms. The van der Waals surface area contributed by atoms with E-state index in [1.807, 2.05) is 29.8 Å². The van der Waals surface area contributed by atoms with Gasteiger partial charge >= 0.3 is 0 Å². The van der Waals surface area contributed by atoms with Crippen molar-refractivity contribution in [2.75, 3.05) is 0 Å². The molecule has 3 nitrogen and oxygen atoms in total. The van der Waals surface area contributed by atoms with Crippen LogP contribution >= 0.6 is 50.1 Å². The summed E-state index contributed by atoms with van der Waals surface area (Å²) in [4.78, 5) is 0. The van der Waals surface area contributed by atoms with Crippen molar-refractivity contribution in [3.05, 3.63) is 48.2 Å². The summed E-state index contributed by atoms with van der Waals surface area (Å²) in [6.07, 6.45) is 0.728. The second-order valence-electron chi connectivity index (χ2n) is 4.64. The molecule has 2 N–H and O–H groups in total. The molecule has 0 bridgehead atoms. The fraction of sp³-hybridized carbons (Fsp3) is 0.357. The zero-order valence-corrected chi connectivity index (χ0v) is 15.8. The molecule has 0 fully saturated rings. The summed E-state index contributed by atoms with van der Waals surface area (Å²) in [5, 5.41) is 5.22. The highest BCUT2D eigenvalue weighted by atomic mass is 127. The van der Waals surface area contributed by atoms with Crippen LogP contribution in [0.5, 0.6) is 0 Å². The lowest BCUT2D eigenvalue weighted by molar-refractivity contribution is 0.585. The standard InChI is InChI=1S/C14H16BrClIN3/c1-3-20-13(14(15)8(2)19-20)7-12(18)10-6-9(16)4-5-11(10)17/h4-6,12H,3,7,18H2,1-2H3. The quantitative estimate of drug-likeness (QED) is 0.673. The summed E-state index contributed by atoms with van der Waals surface area (Å²) in [5.74, 6) is 0. The lowest BCUT2D eigenvalue weighted by Crippen LogP contribution is -2.17. The molecule has 0 radical (unpaired) electrons. The second kappa shape index (κ2) is 6.77. The molecule has 108 valence electrons. The molecule has 6 heteroatoms. The molecule has 2 aromatic rings. The Morgan fingerprint density at radius 1 is 1.50 bits per heavy atom. The second-order valence-corrected chi connectivity index (χ2v) is 7.03. The Balaban J connectivity index is 2.32. The fourth-order valence-corrected chi connectivity index (χ4v) is 3.54. The van der Waals surface area contributed by atoms with Gasteiger partial charge in [-0.25, -0.2) is 0 Å². The molecular formula is C14H16BrClIN3. The van der Waals surface area contributed by atoms with E-state index in [0.717, 1.165) is 43.0 Å². The van der Waals surface area contributed by atoms with E-state index >= 15 is 0 Å². The van der Waals surface area contributed by atoms with Gasteiger partial charge in [-0.05, 0) is 76.1 Å². The SMILES string of the molecule is CCn1nc(C)c(Br)c1CC(N)c1cc(Cl)ccc1I. The van der Waals surface area contributed by atoms with E-state index in [2.05, 4.69) is 50.5 Å². The van der Waals surface area contributed by atoms with E-state index < -0.39 is 0 Å². The lowest BCUT2D eigenvalue weighted by Gasteiger charge is -2.15. The summed E-state index contributed by atoms with van der Waals surface area (Å²) >= 11 is 12.0. The first-order valence-corrected chi connectivity index (χ1v) is 8.61. The minimum atomic E-state index is -0.0988. The first kappa shape index (κ1) is 16.3. The predicted molar refractivity (Wildman–Crippen MR) is 95.1 cm³/mol.